The van der Waals surface area contributed by atoms with Crippen molar-refractivity contribution in [2.45, 2.75) is 60.5 Å². The number of carbonyl (C=O) groups excluding carboxylic acids is 1. The molecule has 1 heterocycles. The molecule has 1 aliphatic heterocycles. The lowest BCUT2D eigenvalue weighted by Crippen LogP contribution is -2.35. The van der Waals surface area contributed by atoms with Crippen molar-refractivity contribution >= 4 is 6.09 Å². The van der Waals surface area contributed by atoms with Gasteiger partial charge in [0, 0.05) is 13.1 Å². The second-order valence-corrected chi connectivity index (χ2v) is 7.89. The molecule has 0 unspecified atom stereocenters. The molecule has 3 heteroatoms. The van der Waals surface area contributed by atoms with Crippen LogP contribution in [0.5, 0.6) is 0 Å². The van der Waals surface area contributed by atoms with Crippen LogP contribution in [0.1, 0.15) is 54.9 Å². The molecule has 1 aliphatic rings. The van der Waals surface area contributed by atoms with Crippen LogP contribution in [-0.2, 0) is 4.74 Å². The van der Waals surface area contributed by atoms with Crippen molar-refractivity contribution in [1.29, 1.82) is 0 Å². The van der Waals surface area contributed by atoms with Gasteiger partial charge in [0.15, 0.2) is 0 Å². The van der Waals surface area contributed by atoms with E-state index in [2.05, 4.69) is 27.7 Å². The molecule has 0 radical (unpaired) electrons. The first kappa shape index (κ1) is 15.3. The Bertz CT molecular complexity index is 299. The quantitative estimate of drug-likeness (QED) is 0.710. The average Bonchev–Trinajstić information content (AvgIpc) is 2.42. The number of hydrogen-bond acceptors (Lipinski definition) is 2. The van der Waals surface area contributed by atoms with E-state index in [0.717, 1.165) is 19.5 Å². The second kappa shape index (κ2) is 5.10. The Morgan fingerprint density at radius 3 is 2.17 bits per heavy atom. The Morgan fingerprint density at radius 1 is 1.17 bits per heavy atom. The third-order valence-corrected chi connectivity index (χ3v) is 3.29. The predicted octanol–water partition coefficient (Wildman–Crippen LogP) is 3.93. The monoisotopic (exact) mass is 255 g/mol. The SMILES string of the molecule is C[C@@H]1CN(C(=O)OC(C)(C)C)C[C@H]1CC(C)(C)C. The lowest BCUT2D eigenvalue weighted by atomic mass is 9.81. The zero-order valence-corrected chi connectivity index (χ0v) is 13.0. The van der Waals surface area contributed by atoms with Crippen LogP contribution in [0, 0.1) is 17.3 Å². The standard InChI is InChI=1S/C15H29NO2/c1-11-9-16(13(17)18-15(5,6)7)10-12(11)8-14(2,3)4/h11-12H,8-10H2,1-7H3/t11-,12-/m1/s1. The summed E-state index contributed by atoms with van der Waals surface area (Å²) in [6.07, 6.45) is 0.999. The van der Waals surface area contributed by atoms with Gasteiger partial charge in [0.1, 0.15) is 5.60 Å². The number of likely N-dealkylation sites (tertiary alicyclic amines) is 1. The maximum absolute atomic E-state index is 12.0. The molecule has 0 N–H and O–H groups in total. The molecule has 3 nitrogen and oxygen atoms in total. The zero-order chi connectivity index (χ0) is 14.1. The van der Waals surface area contributed by atoms with E-state index in [1.54, 1.807) is 0 Å². The number of hydrogen-bond donors (Lipinski definition) is 0. The summed E-state index contributed by atoms with van der Waals surface area (Å²) in [5.41, 5.74) is -0.0781. The predicted molar refractivity (Wildman–Crippen MR) is 74.5 cm³/mol. The highest BCUT2D eigenvalue weighted by Crippen LogP contribution is 2.34. The molecule has 0 bridgehead atoms. The molecule has 1 amide bonds. The highest BCUT2D eigenvalue weighted by Gasteiger charge is 2.36. The Kier molecular flexibility index (Phi) is 4.34. The molecular formula is C15H29NO2. The minimum atomic E-state index is -0.400. The minimum Gasteiger partial charge on any atom is -0.444 e. The molecular weight excluding hydrogens is 226 g/mol. The first-order chi connectivity index (χ1) is 7.98. The van der Waals surface area contributed by atoms with Crippen LogP contribution in [-0.4, -0.2) is 29.7 Å². The van der Waals surface area contributed by atoms with Gasteiger partial charge >= 0.3 is 6.09 Å². The van der Waals surface area contributed by atoms with Gasteiger partial charge in [-0.1, -0.05) is 27.7 Å². The third-order valence-electron chi connectivity index (χ3n) is 3.29. The Hall–Kier alpha value is -0.730. The molecule has 1 rings (SSSR count). The van der Waals surface area contributed by atoms with Crippen molar-refractivity contribution in [1.82, 2.24) is 4.90 Å². The van der Waals surface area contributed by atoms with Crippen LogP contribution >= 0.6 is 0 Å². The minimum absolute atomic E-state index is 0.161. The normalized spacial score (nSPS) is 25.4. The van der Waals surface area contributed by atoms with E-state index in [-0.39, 0.29) is 6.09 Å². The Morgan fingerprint density at radius 2 is 1.72 bits per heavy atom. The van der Waals surface area contributed by atoms with Crippen LogP contribution in [0.2, 0.25) is 0 Å². The van der Waals surface area contributed by atoms with Crippen molar-refractivity contribution in [3.05, 3.63) is 0 Å². The number of ether oxygens (including phenoxy) is 1. The van der Waals surface area contributed by atoms with Crippen molar-refractivity contribution in [3.63, 3.8) is 0 Å². The van der Waals surface area contributed by atoms with Gasteiger partial charge in [-0.25, -0.2) is 4.79 Å². The second-order valence-electron chi connectivity index (χ2n) is 7.89. The highest BCUT2D eigenvalue weighted by atomic mass is 16.6. The van der Waals surface area contributed by atoms with E-state index < -0.39 is 5.60 Å². The van der Waals surface area contributed by atoms with Crippen molar-refractivity contribution < 1.29 is 9.53 Å². The Balaban J connectivity index is 2.56. The molecule has 0 saturated carbocycles. The smallest absolute Gasteiger partial charge is 0.410 e. The van der Waals surface area contributed by atoms with E-state index in [9.17, 15) is 4.79 Å². The van der Waals surface area contributed by atoms with Crippen molar-refractivity contribution in [3.8, 4) is 0 Å². The molecule has 1 saturated heterocycles. The summed E-state index contributed by atoms with van der Waals surface area (Å²) in [5.74, 6) is 1.16. The fourth-order valence-corrected chi connectivity index (χ4v) is 2.56. The van der Waals surface area contributed by atoms with E-state index in [4.69, 9.17) is 4.74 Å². The summed E-state index contributed by atoms with van der Waals surface area (Å²) in [6, 6.07) is 0. The largest absolute Gasteiger partial charge is 0.444 e. The maximum atomic E-state index is 12.0. The molecule has 0 spiro atoms. The van der Waals surface area contributed by atoms with E-state index in [0.29, 0.717) is 17.3 Å². The molecule has 0 aliphatic carbocycles. The zero-order valence-electron chi connectivity index (χ0n) is 13.0. The summed E-state index contributed by atoms with van der Waals surface area (Å²) in [5, 5.41) is 0. The number of nitrogens with zero attached hydrogens (tertiary/aromatic N) is 1. The molecule has 0 aromatic rings. The van der Waals surface area contributed by atoms with Crippen molar-refractivity contribution in [2.75, 3.05) is 13.1 Å². The molecule has 1 fully saturated rings. The average molecular weight is 255 g/mol. The molecule has 18 heavy (non-hydrogen) atoms. The first-order valence-corrected chi connectivity index (χ1v) is 6.96. The van der Waals surface area contributed by atoms with Gasteiger partial charge in [0.05, 0.1) is 0 Å². The van der Waals surface area contributed by atoms with E-state index >= 15 is 0 Å². The Labute approximate surface area is 112 Å². The van der Waals surface area contributed by atoms with Gasteiger partial charge in [-0.2, -0.15) is 0 Å². The van der Waals surface area contributed by atoms with Gasteiger partial charge in [0.25, 0.3) is 0 Å². The van der Waals surface area contributed by atoms with Crippen LogP contribution in [0.4, 0.5) is 4.79 Å². The number of rotatable bonds is 1. The lowest BCUT2D eigenvalue weighted by Gasteiger charge is -2.26. The fourth-order valence-electron chi connectivity index (χ4n) is 2.56. The summed E-state index contributed by atoms with van der Waals surface area (Å²) in [6.45, 7) is 16.4. The van der Waals surface area contributed by atoms with Crippen LogP contribution < -0.4 is 0 Å². The number of amides is 1. The van der Waals surface area contributed by atoms with Crippen LogP contribution in [0.3, 0.4) is 0 Å². The summed E-state index contributed by atoms with van der Waals surface area (Å²) in [4.78, 5) is 13.9. The van der Waals surface area contributed by atoms with Crippen molar-refractivity contribution in [2.24, 2.45) is 17.3 Å². The molecule has 0 aromatic heterocycles. The molecule has 0 aromatic carbocycles. The van der Waals surface area contributed by atoms with Gasteiger partial charge in [-0.15, -0.1) is 0 Å². The van der Waals surface area contributed by atoms with Gasteiger partial charge in [-0.3, -0.25) is 0 Å². The van der Waals surface area contributed by atoms with Gasteiger partial charge in [-0.05, 0) is 44.4 Å². The third kappa shape index (κ3) is 4.87. The highest BCUT2D eigenvalue weighted by molar-refractivity contribution is 5.68. The fraction of sp³-hybridized carbons (Fsp3) is 0.933. The summed E-state index contributed by atoms with van der Waals surface area (Å²) in [7, 11) is 0. The lowest BCUT2D eigenvalue weighted by molar-refractivity contribution is 0.0282. The van der Waals surface area contributed by atoms with E-state index in [1.165, 1.54) is 0 Å². The summed E-state index contributed by atoms with van der Waals surface area (Å²) >= 11 is 0. The molecule has 106 valence electrons. The first-order valence-electron chi connectivity index (χ1n) is 6.96. The maximum Gasteiger partial charge on any atom is 0.410 e. The summed E-state index contributed by atoms with van der Waals surface area (Å²) < 4.78 is 5.44. The number of carbonyl (C=O) groups is 1. The molecule has 2 atom stereocenters. The van der Waals surface area contributed by atoms with Crippen LogP contribution in [0.25, 0.3) is 0 Å². The van der Waals surface area contributed by atoms with E-state index in [1.807, 2.05) is 25.7 Å². The topological polar surface area (TPSA) is 29.5 Å². The van der Waals surface area contributed by atoms with Gasteiger partial charge in [0.2, 0.25) is 0 Å². The van der Waals surface area contributed by atoms with Crippen LogP contribution in [0.15, 0.2) is 0 Å². The van der Waals surface area contributed by atoms with Gasteiger partial charge < -0.3 is 9.64 Å².